The highest BCUT2D eigenvalue weighted by Gasteiger charge is 2.44. The number of ether oxygens (including phenoxy) is 2. The number of hydrogen-bond donors (Lipinski definition) is 1. The number of thiocarbonyl (C=S) groups is 1. The zero-order chi connectivity index (χ0) is 24.3. The molecule has 2 amide bonds. The fraction of sp³-hybridized carbons (Fsp3) is 0.318. The molecule has 1 unspecified atom stereocenters. The van der Waals surface area contributed by atoms with E-state index in [2.05, 4.69) is 0 Å². The number of carbonyl (C=O) groups excluding carboxylic acids is 2. The van der Waals surface area contributed by atoms with Gasteiger partial charge in [-0.3, -0.25) is 14.5 Å². The molecule has 0 bridgehead atoms. The Bertz CT molecular complexity index is 1080. The standard InChI is InChI=1S/C22H22F3N3O4S/c1-31-17-7-6-13(10-18(17)32-2)8-9-27-16(12-19(26)29)20(30)28(21(27)33)15-5-3-4-14(11-15)22(23,24)25/h3-7,10-11,16H,8-9,12H2,1-2H3,(H2,26,29). The first-order valence-corrected chi connectivity index (χ1v) is 10.3. The summed E-state index contributed by atoms with van der Waals surface area (Å²) >= 11 is 5.44. The molecule has 0 saturated carbocycles. The Morgan fingerprint density at radius 1 is 1.12 bits per heavy atom. The molecule has 1 aliphatic heterocycles. The van der Waals surface area contributed by atoms with E-state index in [9.17, 15) is 22.8 Å². The van der Waals surface area contributed by atoms with Gasteiger partial charge in [0.15, 0.2) is 16.6 Å². The normalized spacial score (nSPS) is 16.3. The summed E-state index contributed by atoms with van der Waals surface area (Å²) in [6.45, 7) is 0.230. The van der Waals surface area contributed by atoms with Crippen LogP contribution in [0.1, 0.15) is 17.5 Å². The van der Waals surface area contributed by atoms with Crippen molar-refractivity contribution in [3.63, 3.8) is 0 Å². The number of rotatable bonds is 8. The summed E-state index contributed by atoms with van der Waals surface area (Å²) in [5, 5.41) is 0.00560. The first-order valence-electron chi connectivity index (χ1n) is 9.88. The minimum atomic E-state index is -4.58. The smallest absolute Gasteiger partial charge is 0.416 e. The molecule has 11 heteroatoms. The molecule has 1 aliphatic rings. The van der Waals surface area contributed by atoms with E-state index in [-0.39, 0.29) is 23.8 Å². The summed E-state index contributed by atoms with van der Waals surface area (Å²) in [7, 11) is 3.02. The van der Waals surface area contributed by atoms with E-state index >= 15 is 0 Å². The number of primary amides is 1. The number of hydrogen-bond acceptors (Lipinski definition) is 5. The largest absolute Gasteiger partial charge is 0.493 e. The Kier molecular flexibility index (Phi) is 7.11. The van der Waals surface area contributed by atoms with Crippen LogP contribution in [-0.2, 0) is 22.2 Å². The topological polar surface area (TPSA) is 85.1 Å². The quantitative estimate of drug-likeness (QED) is 0.584. The summed E-state index contributed by atoms with van der Waals surface area (Å²) in [4.78, 5) is 27.2. The fourth-order valence-corrected chi connectivity index (χ4v) is 4.04. The Hall–Kier alpha value is -3.34. The van der Waals surface area contributed by atoms with Crippen LogP contribution < -0.4 is 20.1 Å². The molecule has 1 saturated heterocycles. The van der Waals surface area contributed by atoms with Crippen LogP contribution in [-0.4, -0.2) is 48.6 Å². The summed E-state index contributed by atoms with van der Waals surface area (Å²) in [5.41, 5.74) is 5.24. The lowest BCUT2D eigenvalue weighted by Crippen LogP contribution is -2.39. The average Bonchev–Trinajstić information content (AvgIpc) is 3.00. The van der Waals surface area contributed by atoms with E-state index in [1.54, 1.807) is 12.1 Å². The summed E-state index contributed by atoms with van der Waals surface area (Å²) in [5.74, 6) is -0.256. The van der Waals surface area contributed by atoms with Crippen molar-refractivity contribution in [1.29, 1.82) is 0 Å². The van der Waals surface area contributed by atoms with Crippen LogP contribution in [0.25, 0.3) is 0 Å². The molecule has 176 valence electrons. The Morgan fingerprint density at radius 3 is 2.42 bits per heavy atom. The van der Waals surface area contributed by atoms with Gasteiger partial charge in [0.1, 0.15) is 6.04 Å². The van der Waals surface area contributed by atoms with Crippen LogP contribution in [0.5, 0.6) is 11.5 Å². The average molecular weight is 481 g/mol. The molecule has 2 N–H and O–H groups in total. The number of methoxy groups -OCH3 is 2. The van der Waals surface area contributed by atoms with Gasteiger partial charge in [-0.1, -0.05) is 12.1 Å². The van der Waals surface area contributed by atoms with Crippen molar-refractivity contribution in [2.75, 3.05) is 25.7 Å². The number of benzene rings is 2. The fourth-order valence-electron chi connectivity index (χ4n) is 3.62. The summed E-state index contributed by atoms with van der Waals surface area (Å²) < 4.78 is 50.0. The third-order valence-corrected chi connectivity index (χ3v) is 5.65. The minimum Gasteiger partial charge on any atom is -0.493 e. The van der Waals surface area contributed by atoms with Crippen molar-refractivity contribution >= 4 is 34.8 Å². The molecular formula is C22H22F3N3O4S. The minimum absolute atomic E-state index is 0.00560. The lowest BCUT2D eigenvalue weighted by Gasteiger charge is -2.24. The van der Waals surface area contributed by atoms with Crippen LogP contribution in [0.3, 0.4) is 0 Å². The van der Waals surface area contributed by atoms with Crippen LogP contribution in [0, 0.1) is 0 Å². The summed E-state index contributed by atoms with van der Waals surface area (Å²) in [6.07, 6.45) is -4.49. The summed E-state index contributed by atoms with van der Waals surface area (Å²) in [6, 6.07) is 8.62. The van der Waals surface area contributed by atoms with E-state index in [0.29, 0.717) is 17.9 Å². The van der Waals surface area contributed by atoms with E-state index in [1.807, 2.05) is 6.07 Å². The zero-order valence-corrected chi connectivity index (χ0v) is 18.7. The predicted molar refractivity (Wildman–Crippen MR) is 119 cm³/mol. The molecule has 0 aromatic heterocycles. The van der Waals surface area contributed by atoms with Gasteiger partial charge in [0.25, 0.3) is 5.91 Å². The van der Waals surface area contributed by atoms with Gasteiger partial charge in [-0.05, 0) is 54.5 Å². The molecule has 2 aromatic carbocycles. The number of anilines is 1. The monoisotopic (exact) mass is 481 g/mol. The lowest BCUT2D eigenvalue weighted by molar-refractivity contribution is -0.137. The van der Waals surface area contributed by atoms with E-state index < -0.39 is 29.6 Å². The maximum Gasteiger partial charge on any atom is 0.416 e. The maximum absolute atomic E-state index is 13.2. The molecule has 0 radical (unpaired) electrons. The number of carbonyl (C=O) groups is 2. The number of nitrogens with zero attached hydrogens (tertiary/aromatic N) is 2. The van der Waals surface area contributed by atoms with Crippen LogP contribution >= 0.6 is 12.2 Å². The molecule has 0 aliphatic carbocycles. The van der Waals surface area contributed by atoms with Crippen molar-refractivity contribution in [1.82, 2.24) is 4.90 Å². The third-order valence-electron chi connectivity index (χ3n) is 5.23. The molecule has 2 aromatic rings. The van der Waals surface area contributed by atoms with Crippen LogP contribution in [0.4, 0.5) is 18.9 Å². The van der Waals surface area contributed by atoms with Crippen molar-refractivity contribution in [2.45, 2.75) is 25.1 Å². The van der Waals surface area contributed by atoms with Gasteiger partial charge in [-0.25, -0.2) is 0 Å². The van der Waals surface area contributed by atoms with Crippen LogP contribution in [0.2, 0.25) is 0 Å². The van der Waals surface area contributed by atoms with E-state index in [0.717, 1.165) is 22.6 Å². The second kappa shape index (κ2) is 9.65. The Labute approximate surface area is 193 Å². The number of alkyl halides is 3. The lowest BCUT2D eigenvalue weighted by atomic mass is 10.1. The maximum atomic E-state index is 13.2. The van der Waals surface area contributed by atoms with E-state index in [4.69, 9.17) is 27.4 Å². The van der Waals surface area contributed by atoms with Gasteiger partial charge >= 0.3 is 6.18 Å². The highest BCUT2D eigenvalue weighted by Crippen LogP contribution is 2.34. The molecule has 1 atom stereocenters. The second-order valence-corrected chi connectivity index (χ2v) is 7.69. The van der Waals surface area contributed by atoms with Gasteiger partial charge in [0, 0.05) is 6.54 Å². The first kappa shape index (κ1) is 24.3. The molecule has 1 fully saturated rings. The zero-order valence-electron chi connectivity index (χ0n) is 17.9. The Morgan fingerprint density at radius 2 is 1.82 bits per heavy atom. The Balaban J connectivity index is 1.88. The molecule has 3 rings (SSSR count). The number of amides is 2. The first-order chi connectivity index (χ1) is 15.6. The molecule has 0 spiro atoms. The van der Waals surface area contributed by atoms with Crippen molar-refractivity contribution in [2.24, 2.45) is 5.73 Å². The van der Waals surface area contributed by atoms with Crippen LogP contribution in [0.15, 0.2) is 42.5 Å². The number of nitrogens with two attached hydrogens (primary N) is 1. The van der Waals surface area contributed by atoms with Crippen molar-refractivity contribution in [3.05, 3.63) is 53.6 Å². The highest BCUT2D eigenvalue weighted by atomic mass is 32.1. The van der Waals surface area contributed by atoms with Gasteiger partial charge < -0.3 is 20.1 Å². The highest BCUT2D eigenvalue weighted by molar-refractivity contribution is 7.80. The molecule has 1 heterocycles. The van der Waals surface area contributed by atoms with Crippen molar-refractivity contribution in [3.8, 4) is 11.5 Å². The predicted octanol–water partition coefficient (Wildman–Crippen LogP) is 3.14. The van der Waals surface area contributed by atoms with Gasteiger partial charge in [-0.2, -0.15) is 13.2 Å². The molecular weight excluding hydrogens is 459 g/mol. The second-order valence-electron chi connectivity index (χ2n) is 7.32. The van der Waals surface area contributed by atoms with Gasteiger partial charge in [-0.15, -0.1) is 0 Å². The van der Waals surface area contributed by atoms with Gasteiger partial charge in [0.2, 0.25) is 5.91 Å². The number of halogens is 3. The van der Waals surface area contributed by atoms with Gasteiger partial charge in [0.05, 0.1) is 31.9 Å². The molecule has 7 nitrogen and oxygen atoms in total. The SMILES string of the molecule is COc1ccc(CCN2C(=S)N(c3cccc(C(F)(F)F)c3)C(=O)C2CC(N)=O)cc1OC. The third kappa shape index (κ3) is 5.19. The van der Waals surface area contributed by atoms with Crippen molar-refractivity contribution < 1.29 is 32.2 Å². The van der Waals surface area contributed by atoms with E-state index in [1.165, 1.54) is 31.3 Å². The molecule has 33 heavy (non-hydrogen) atoms.